The summed E-state index contributed by atoms with van der Waals surface area (Å²) in [4.78, 5) is 11.5. The average Bonchev–Trinajstić information content (AvgIpc) is 2.33. The van der Waals surface area contributed by atoms with Gasteiger partial charge in [-0.2, -0.15) is 0 Å². The number of carboxylic acids is 1. The maximum absolute atomic E-state index is 11.5. The Kier molecular flexibility index (Phi) is 3.93. The number of carbonyl (C=O) groups is 1. The highest BCUT2D eigenvalue weighted by Gasteiger charge is 2.24. The van der Waals surface area contributed by atoms with E-state index in [0.717, 1.165) is 35.3 Å². The molecular formula is C16H20O3. The minimum atomic E-state index is -0.750. The molecule has 1 aliphatic carbocycles. The monoisotopic (exact) mass is 260 g/mol. The van der Waals surface area contributed by atoms with Crippen molar-refractivity contribution in [3.63, 3.8) is 0 Å². The van der Waals surface area contributed by atoms with Crippen molar-refractivity contribution in [1.29, 1.82) is 0 Å². The highest BCUT2D eigenvalue weighted by molar-refractivity contribution is 5.77. The summed E-state index contributed by atoms with van der Waals surface area (Å²) in [5, 5.41) is 9.44. The van der Waals surface area contributed by atoms with Gasteiger partial charge in [-0.25, -0.2) is 0 Å². The zero-order valence-electron chi connectivity index (χ0n) is 11.7. The first kappa shape index (κ1) is 13.7. The summed E-state index contributed by atoms with van der Waals surface area (Å²) in [7, 11) is 1.62. The summed E-state index contributed by atoms with van der Waals surface area (Å²) in [5.41, 5.74) is 4.37. The summed E-state index contributed by atoms with van der Waals surface area (Å²) < 4.78 is 5.33. The molecular weight excluding hydrogens is 240 g/mol. The van der Waals surface area contributed by atoms with Crippen LogP contribution in [0.5, 0.6) is 5.75 Å². The second kappa shape index (κ2) is 5.47. The zero-order chi connectivity index (χ0) is 14.0. The Morgan fingerprint density at radius 3 is 2.74 bits per heavy atom. The van der Waals surface area contributed by atoms with Crippen LogP contribution in [-0.4, -0.2) is 18.2 Å². The van der Waals surface area contributed by atoms with E-state index in [2.05, 4.69) is 19.1 Å². The van der Waals surface area contributed by atoms with E-state index in [1.54, 1.807) is 7.11 Å². The van der Waals surface area contributed by atoms with Gasteiger partial charge < -0.3 is 9.84 Å². The quantitative estimate of drug-likeness (QED) is 0.828. The van der Waals surface area contributed by atoms with E-state index in [1.165, 1.54) is 5.57 Å². The van der Waals surface area contributed by atoms with Gasteiger partial charge in [-0.1, -0.05) is 17.7 Å². The van der Waals surface area contributed by atoms with Gasteiger partial charge in [-0.15, -0.1) is 0 Å². The van der Waals surface area contributed by atoms with Gasteiger partial charge in [0, 0.05) is 0 Å². The molecule has 0 bridgehead atoms. The Labute approximate surface area is 113 Å². The number of carboxylic acid groups (broad SMARTS) is 1. The van der Waals surface area contributed by atoms with Gasteiger partial charge in [0.05, 0.1) is 13.0 Å². The molecule has 1 aliphatic rings. The maximum atomic E-state index is 11.5. The minimum Gasteiger partial charge on any atom is -0.496 e. The molecule has 2 rings (SSSR count). The maximum Gasteiger partial charge on any atom is 0.310 e. The number of aryl methyl sites for hydroxylation is 1. The summed E-state index contributed by atoms with van der Waals surface area (Å²) in [6.07, 6.45) is 4.44. The number of methoxy groups -OCH3 is 1. The first-order valence-corrected chi connectivity index (χ1v) is 6.58. The number of rotatable bonds is 2. The van der Waals surface area contributed by atoms with Crippen molar-refractivity contribution in [2.75, 3.05) is 7.11 Å². The highest BCUT2D eigenvalue weighted by Crippen LogP contribution is 2.34. The topological polar surface area (TPSA) is 46.5 Å². The molecule has 0 aliphatic heterocycles. The SMILES string of the molecule is COc1cc2c(cc1C)C/C(C)=C\CCC2C(=O)O. The molecule has 3 heteroatoms. The van der Waals surface area contributed by atoms with E-state index < -0.39 is 11.9 Å². The first-order valence-electron chi connectivity index (χ1n) is 6.58. The van der Waals surface area contributed by atoms with Crippen LogP contribution >= 0.6 is 0 Å². The predicted octanol–water partition coefficient (Wildman–Crippen LogP) is 3.45. The number of benzene rings is 1. The summed E-state index contributed by atoms with van der Waals surface area (Å²) in [6, 6.07) is 3.97. The smallest absolute Gasteiger partial charge is 0.310 e. The Balaban J connectivity index is 2.57. The van der Waals surface area contributed by atoms with Crippen LogP contribution in [0.2, 0.25) is 0 Å². The largest absolute Gasteiger partial charge is 0.496 e. The van der Waals surface area contributed by atoms with Crippen LogP contribution in [0, 0.1) is 6.92 Å². The second-order valence-corrected chi connectivity index (χ2v) is 5.22. The van der Waals surface area contributed by atoms with Crippen molar-refractivity contribution in [2.24, 2.45) is 0 Å². The molecule has 0 radical (unpaired) electrons. The van der Waals surface area contributed by atoms with Gasteiger partial charge in [0.2, 0.25) is 0 Å². The second-order valence-electron chi connectivity index (χ2n) is 5.22. The van der Waals surface area contributed by atoms with Crippen LogP contribution in [-0.2, 0) is 11.2 Å². The molecule has 102 valence electrons. The molecule has 0 aromatic heterocycles. The molecule has 3 nitrogen and oxygen atoms in total. The molecule has 1 N–H and O–H groups in total. The van der Waals surface area contributed by atoms with Crippen molar-refractivity contribution in [3.8, 4) is 5.75 Å². The van der Waals surface area contributed by atoms with Crippen molar-refractivity contribution in [3.05, 3.63) is 40.5 Å². The van der Waals surface area contributed by atoms with Crippen LogP contribution in [0.1, 0.15) is 42.4 Å². The Hall–Kier alpha value is -1.77. The van der Waals surface area contributed by atoms with Gasteiger partial charge in [0.25, 0.3) is 0 Å². The number of fused-ring (bicyclic) bond motifs is 1. The summed E-state index contributed by atoms with van der Waals surface area (Å²) in [6.45, 7) is 4.09. The first-order chi connectivity index (χ1) is 9.02. The van der Waals surface area contributed by atoms with Gasteiger partial charge in [-0.05, 0) is 55.9 Å². The van der Waals surface area contributed by atoms with Gasteiger partial charge >= 0.3 is 5.97 Å². The molecule has 1 atom stereocenters. The molecule has 0 spiro atoms. The van der Waals surface area contributed by atoms with Gasteiger partial charge in [-0.3, -0.25) is 4.79 Å². The lowest BCUT2D eigenvalue weighted by atomic mass is 9.84. The third kappa shape index (κ3) is 2.80. The van der Waals surface area contributed by atoms with E-state index in [9.17, 15) is 9.90 Å². The van der Waals surface area contributed by atoms with E-state index in [0.29, 0.717) is 6.42 Å². The van der Waals surface area contributed by atoms with E-state index in [4.69, 9.17) is 4.74 Å². The molecule has 0 heterocycles. The number of hydrogen-bond donors (Lipinski definition) is 1. The van der Waals surface area contributed by atoms with Crippen molar-refractivity contribution in [2.45, 2.75) is 39.0 Å². The van der Waals surface area contributed by atoms with Crippen LogP contribution in [0.15, 0.2) is 23.8 Å². The van der Waals surface area contributed by atoms with Crippen LogP contribution in [0.25, 0.3) is 0 Å². The molecule has 0 amide bonds. The number of hydrogen-bond acceptors (Lipinski definition) is 2. The Morgan fingerprint density at radius 2 is 2.11 bits per heavy atom. The third-order valence-corrected chi connectivity index (χ3v) is 3.75. The van der Waals surface area contributed by atoms with E-state index >= 15 is 0 Å². The third-order valence-electron chi connectivity index (χ3n) is 3.75. The predicted molar refractivity (Wildman–Crippen MR) is 74.8 cm³/mol. The lowest BCUT2D eigenvalue weighted by Gasteiger charge is -2.21. The van der Waals surface area contributed by atoms with E-state index in [1.807, 2.05) is 13.0 Å². The molecule has 0 saturated heterocycles. The van der Waals surface area contributed by atoms with Crippen molar-refractivity contribution >= 4 is 5.97 Å². The lowest BCUT2D eigenvalue weighted by Crippen LogP contribution is -2.15. The number of aliphatic carboxylic acids is 1. The van der Waals surface area contributed by atoms with Crippen LogP contribution in [0.3, 0.4) is 0 Å². The standard InChI is InChI=1S/C16H20O3/c1-10-5-4-6-13(16(17)18)14-9-15(19-3)11(2)8-12(14)7-10/h5,8-9,13H,4,6-7H2,1-3H3,(H,17,18)/b10-5-. The normalized spacial score (nSPS) is 21.6. The fraction of sp³-hybridized carbons (Fsp3) is 0.438. The molecule has 1 unspecified atom stereocenters. The van der Waals surface area contributed by atoms with Crippen LogP contribution in [0.4, 0.5) is 0 Å². The molecule has 1 aromatic carbocycles. The van der Waals surface area contributed by atoms with Crippen molar-refractivity contribution in [1.82, 2.24) is 0 Å². The lowest BCUT2D eigenvalue weighted by molar-refractivity contribution is -0.139. The summed E-state index contributed by atoms with van der Waals surface area (Å²) >= 11 is 0. The summed E-state index contributed by atoms with van der Waals surface area (Å²) in [5.74, 6) is -0.416. The molecule has 19 heavy (non-hydrogen) atoms. The Bertz CT molecular complexity index is 529. The molecule has 0 saturated carbocycles. The number of ether oxygens (including phenoxy) is 1. The average molecular weight is 260 g/mol. The van der Waals surface area contributed by atoms with Gasteiger partial charge in [0.15, 0.2) is 0 Å². The highest BCUT2D eigenvalue weighted by atomic mass is 16.5. The Morgan fingerprint density at radius 1 is 1.37 bits per heavy atom. The van der Waals surface area contributed by atoms with Gasteiger partial charge in [0.1, 0.15) is 5.75 Å². The fourth-order valence-corrected chi connectivity index (χ4v) is 2.74. The fourth-order valence-electron chi connectivity index (χ4n) is 2.74. The van der Waals surface area contributed by atoms with Crippen molar-refractivity contribution < 1.29 is 14.6 Å². The molecule has 1 aromatic rings. The zero-order valence-corrected chi connectivity index (χ0v) is 11.7. The van der Waals surface area contributed by atoms with E-state index in [-0.39, 0.29) is 0 Å². The van der Waals surface area contributed by atoms with Crippen LogP contribution < -0.4 is 4.74 Å². The number of allylic oxidation sites excluding steroid dienone is 2. The minimum absolute atomic E-state index is 0.436. The molecule has 0 fully saturated rings.